The van der Waals surface area contributed by atoms with Crippen LogP contribution in [0.2, 0.25) is 0 Å². The van der Waals surface area contributed by atoms with Gasteiger partial charge in [0.05, 0.1) is 16.4 Å². The number of nitrogens with zero attached hydrogens (tertiary/aromatic N) is 4. The number of thiazole rings is 1. The highest BCUT2D eigenvalue weighted by Gasteiger charge is 2.13. The molecule has 0 spiro atoms. The molecule has 12 heteroatoms. The maximum absolute atomic E-state index is 12.2. The molecule has 156 valence electrons. The number of anilines is 1. The monoisotopic (exact) mass is 517 g/mol. The average Bonchev–Trinajstić information content (AvgIpc) is 3.42. The number of benzene rings is 2. The van der Waals surface area contributed by atoms with Gasteiger partial charge in [-0.05, 0) is 30.3 Å². The van der Waals surface area contributed by atoms with E-state index in [1.807, 2.05) is 24.3 Å². The summed E-state index contributed by atoms with van der Waals surface area (Å²) >= 11 is 5.78. The lowest BCUT2D eigenvalue weighted by Gasteiger charge is -1.99. The van der Waals surface area contributed by atoms with Gasteiger partial charge in [-0.1, -0.05) is 33.8 Å². The van der Waals surface area contributed by atoms with Crippen LogP contribution >= 0.6 is 39.0 Å². The molecule has 2 aromatic carbocycles. The average molecular weight is 518 g/mol. The van der Waals surface area contributed by atoms with E-state index in [-0.39, 0.29) is 22.6 Å². The molecule has 0 saturated carbocycles. The quantitative estimate of drug-likeness (QED) is 0.200. The molecule has 2 aromatic heterocycles. The third-order valence-corrected chi connectivity index (χ3v) is 6.00. The van der Waals surface area contributed by atoms with E-state index in [0.29, 0.717) is 16.7 Å². The van der Waals surface area contributed by atoms with Gasteiger partial charge in [0.25, 0.3) is 10.9 Å². The molecule has 0 aliphatic carbocycles. The highest BCUT2D eigenvalue weighted by Crippen LogP contribution is 2.28. The normalized spacial score (nSPS) is 10.7. The smallest absolute Gasteiger partial charge is 0.277 e. The van der Waals surface area contributed by atoms with Crippen molar-refractivity contribution in [2.75, 3.05) is 11.1 Å². The molecule has 1 N–H and O–H groups in total. The summed E-state index contributed by atoms with van der Waals surface area (Å²) in [7, 11) is 0. The molecule has 0 atom stereocenters. The molecule has 0 aliphatic heterocycles. The summed E-state index contributed by atoms with van der Waals surface area (Å²) in [5.41, 5.74) is 2.13. The van der Waals surface area contributed by atoms with Crippen LogP contribution in [0.3, 0.4) is 0 Å². The summed E-state index contributed by atoms with van der Waals surface area (Å²) in [6.45, 7) is 0. The topological polar surface area (TPSA) is 124 Å². The van der Waals surface area contributed by atoms with Crippen LogP contribution in [0.5, 0.6) is 0 Å². The van der Waals surface area contributed by atoms with E-state index in [1.165, 1.54) is 23.5 Å². The van der Waals surface area contributed by atoms with Crippen LogP contribution in [0.4, 0.5) is 10.8 Å². The molecule has 0 aliphatic rings. The highest BCUT2D eigenvalue weighted by atomic mass is 79.9. The van der Waals surface area contributed by atoms with E-state index in [1.54, 1.807) is 17.5 Å². The Bertz CT molecular complexity index is 1240. The number of non-ortho nitro benzene ring substituents is 1. The highest BCUT2D eigenvalue weighted by molar-refractivity contribution is 9.10. The molecular weight excluding hydrogens is 506 g/mol. The number of amides is 1. The van der Waals surface area contributed by atoms with Crippen molar-refractivity contribution in [1.29, 1.82) is 0 Å². The van der Waals surface area contributed by atoms with Crippen LogP contribution < -0.4 is 5.32 Å². The minimum absolute atomic E-state index is 0.00797. The number of rotatable bonds is 7. The van der Waals surface area contributed by atoms with Crippen LogP contribution in [-0.2, 0) is 4.79 Å². The molecule has 4 aromatic rings. The van der Waals surface area contributed by atoms with Gasteiger partial charge < -0.3 is 9.73 Å². The molecule has 0 radical (unpaired) electrons. The number of halogens is 1. The zero-order valence-electron chi connectivity index (χ0n) is 15.5. The molecule has 0 bridgehead atoms. The van der Waals surface area contributed by atoms with Crippen molar-refractivity contribution in [2.45, 2.75) is 5.22 Å². The molecule has 9 nitrogen and oxygen atoms in total. The van der Waals surface area contributed by atoms with Crippen LogP contribution in [-0.4, -0.2) is 31.8 Å². The predicted molar refractivity (Wildman–Crippen MR) is 121 cm³/mol. The third kappa shape index (κ3) is 5.34. The number of nitro benzene ring substituents is 1. The summed E-state index contributed by atoms with van der Waals surface area (Å²) in [5.74, 6) is 0.181. The Hall–Kier alpha value is -3.09. The standard InChI is InChI=1S/C19H12BrN5O4S2/c20-13-3-1-2-12(8-13)17-23-24-19(29-17)31-10-16(26)22-18-21-15(9-30-18)11-4-6-14(7-5-11)25(27)28/h1-9H,10H2,(H,21,22,26). The Balaban J connectivity index is 1.33. The van der Waals surface area contributed by atoms with Crippen molar-refractivity contribution in [2.24, 2.45) is 0 Å². The Morgan fingerprint density at radius 3 is 2.74 bits per heavy atom. The van der Waals surface area contributed by atoms with Gasteiger partial charge in [0.15, 0.2) is 5.13 Å². The molecule has 2 heterocycles. The number of aromatic nitrogens is 3. The van der Waals surface area contributed by atoms with Crippen LogP contribution in [0, 0.1) is 10.1 Å². The Morgan fingerprint density at radius 2 is 2.00 bits per heavy atom. The maximum atomic E-state index is 12.2. The van der Waals surface area contributed by atoms with Gasteiger partial charge >= 0.3 is 0 Å². The largest absolute Gasteiger partial charge is 0.411 e. The van der Waals surface area contributed by atoms with Gasteiger partial charge in [-0.15, -0.1) is 21.5 Å². The Kier molecular flexibility index (Phi) is 6.39. The number of nitro groups is 1. The Morgan fingerprint density at radius 1 is 1.19 bits per heavy atom. The van der Waals surface area contributed by atoms with Gasteiger partial charge in [0.1, 0.15) is 0 Å². The van der Waals surface area contributed by atoms with Crippen LogP contribution in [0.25, 0.3) is 22.7 Å². The molecule has 31 heavy (non-hydrogen) atoms. The van der Waals surface area contributed by atoms with Crippen molar-refractivity contribution in [1.82, 2.24) is 15.2 Å². The van der Waals surface area contributed by atoms with Gasteiger partial charge in [-0.25, -0.2) is 4.98 Å². The van der Waals surface area contributed by atoms with Crippen LogP contribution in [0.15, 0.2) is 68.0 Å². The molecule has 4 rings (SSSR count). The lowest BCUT2D eigenvalue weighted by Crippen LogP contribution is -2.13. The fourth-order valence-corrected chi connectivity index (χ4v) is 4.20. The fourth-order valence-electron chi connectivity index (χ4n) is 2.51. The maximum Gasteiger partial charge on any atom is 0.277 e. The summed E-state index contributed by atoms with van der Waals surface area (Å²) < 4.78 is 6.49. The molecule has 0 saturated heterocycles. The summed E-state index contributed by atoms with van der Waals surface area (Å²) in [6.07, 6.45) is 0. The molecule has 1 amide bonds. The third-order valence-electron chi connectivity index (χ3n) is 3.93. The van der Waals surface area contributed by atoms with Crippen molar-refractivity contribution in [3.63, 3.8) is 0 Å². The number of thioether (sulfide) groups is 1. The fraction of sp³-hybridized carbons (Fsp3) is 0.0526. The first-order valence-electron chi connectivity index (χ1n) is 8.70. The number of nitrogens with one attached hydrogen (secondary N) is 1. The number of hydrogen-bond acceptors (Lipinski definition) is 9. The second kappa shape index (κ2) is 9.37. The van der Waals surface area contributed by atoms with Crippen LogP contribution in [0.1, 0.15) is 0 Å². The summed E-state index contributed by atoms with van der Waals surface area (Å²) in [6, 6.07) is 13.5. The first-order valence-corrected chi connectivity index (χ1v) is 11.4. The van der Waals surface area contributed by atoms with Gasteiger partial charge in [-0.3, -0.25) is 14.9 Å². The lowest BCUT2D eigenvalue weighted by atomic mass is 10.1. The van der Waals surface area contributed by atoms with Crippen molar-refractivity contribution < 1.29 is 14.1 Å². The second-order valence-electron chi connectivity index (χ2n) is 6.06. The second-order valence-corrected chi connectivity index (χ2v) is 8.76. The first kappa shape index (κ1) is 21.2. The molecular formula is C19H12BrN5O4S2. The van der Waals surface area contributed by atoms with E-state index in [4.69, 9.17) is 4.42 Å². The van der Waals surface area contributed by atoms with Gasteiger partial charge in [0.2, 0.25) is 11.8 Å². The number of hydrogen-bond donors (Lipinski definition) is 1. The minimum Gasteiger partial charge on any atom is -0.411 e. The van der Waals surface area contributed by atoms with E-state index < -0.39 is 4.92 Å². The zero-order valence-corrected chi connectivity index (χ0v) is 18.7. The lowest BCUT2D eigenvalue weighted by molar-refractivity contribution is -0.384. The van der Waals surface area contributed by atoms with E-state index in [0.717, 1.165) is 27.4 Å². The van der Waals surface area contributed by atoms with Gasteiger partial charge in [0, 0.05) is 33.1 Å². The first-order chi connectivity index (χ1) is 15.0. The van der Waals surface area contributed by atoms with E-state index in [2.05, 4.69) is 36.4 Å². The van der Waals surface area contributed by atoms with Crippen molar-refractivity contribution in [3.8, 4) is 22.7 Å². The summed E-state index contributed by atoms with van der Waals surface area (Å²) in [5, 5.41) is 23.9. The SMILES string of the molecule is O=C(CSc1nnc(-c2cccc(Br)c2)o1)Nc1nc(-c2ccc([N+](=O)[O-])cc2)cs1. The molecule has 0 unspecified atom stereocenters. The summed E-state index contributed by atoms with van der Waals surface area (Å²) in [4.78, 5) is 26.9. The number of carbonyl (C=O) groups is 1. The van der Waals surface area contributed by atoms with Crippen molar-refractivity contribution in [3.05, 3.63) is 68.5 Å². The van der Waals surface area contributed by atoms with Crippen molar-refractivity contribution >= 4 is 55.8 Å². The Labute approximate surface area is 192 Å². The van der Waals surface area contributed by atoms with Gasteiger partial charge in [-0.2, -0.15) is 0 Å². The van der Waals surface area contributed by atoms with E-state index >= 15 is 0 Å². The zero-order chi connectivity index (χ0) is 21.8. The molecule has 0 fully saturated rings. The minimum atomic E-state index is -0.459. The number of carbonyl (C=O) groups excluding carboxylic acids is 1. The predicted octanol–water partition coefficient (Wildman–Crippen LogP) is 5.26. The van der Waals surface area contributed by atoms with E-state index in [9.17, 15) is 14.9 Å².